The van der Waals surface area contributed by atoms with E-state index in [1.165, 1.54) is 0 Å². The van der Waals surface area contributed by atoms with Gasteiger partial charge in [0.1, 0.15) is 0 Å². The second kappa shape index (κ2) is 4.39. The van der Waals surface area contributed by atoms with Crippen LogP contribution in [0.2, 0.25) is 0 Å². The molecule has 0 amide bonds. The fourth-order valence-electron chi connectivity index (χ4n) is 1.99. The predicted octanol–water partition coefficient (Wildman–Crippen LogP) is 1.19. The van der Waals surface area contributed by atoms with E-state index in [1.807, 2.05) is 12.1 Å². The Morgan fingerprint density at radius 3 is 3.06 bits per heavy atom. The van der Waals surface area contributed by atoms with Crippen LogP contribution in [-0.4, -0.2) is 35.4 Å². The third kappa shape index (κ3) is 2.51. The number of pyridine rings is 1. The minimum atomic E-state index is -0.110. The summed E-state index contributed by atoms with van der Waals surface area (Å²) in [7, 11) is 0. The van der Waals surface area contributed by atoms with Crippen molar-refractivity contribution in [3.05, 3.63) is 24.0 Å². The predicted molar refractivity (Wildman–Crippen MR) is 62.4 cm³/mol. The number of anilines is 1. The van der Waals surface area contributed by atoms with Crippen molar-refractivity contribution in [3.8, 4) is 0 Å². The highest BCUT2D eigenvalue weighted by atomic mass is 16.5. The Morgan fingerprint density at radius 1 is 1.56 bits per heavy atom. The summed E-state index contributed by atoms with van der Waals surface area (Å²) in [6.45, 7) is 6.66. The maximum absolute atomic E-state index is 9.06. The van der Waals surface area contributed by atoms with Crippen molar-refractivity contribution in [2.45, 2.75) is 26.1 Å². The van der Waals surface area contributed by atoms with E-state index in [1.54, 1.807) is 6.20 Å². The Kier molecular flexibility index (Phi) is 3.12. The van der Waals surface area contributed by atoms with Crippen LogP contribution in [0.3, 0.4) is 0 Å². The Labute approximate surface area is 95.9 Å². The molecular formula is C12H18N2O2. The minimum absolute atomic E-state index is 0.0123. The molecule has 1 aliphatic heterocycles. The zero-order valence-corrected chi connectivity index (χ0v) is 9.81. The zero-order valence-electron chi connectivity index (χ0n) is 9.81. The molecule has 1 N–H and O–H groups in total. The van der Waals surface area contributed by atoms with E-state index in [2.05, 4.69) is 23.7 Å². The van der Waals surface area contributed by atoms with Crippen LogP contribution in [0.4, 0.5) is 5.69 Å². The number of aliphatic hydroxyl groups excluding tert-OH is 1. The molecule has 0 aromatic carbocycles. The van der Waals surface area contributed by atoms with Gasteiger partial charge in [-0.15, -0.1) is 0 Å². The van der Waals surface area contributed by atoms with Crippen molar-refractivity contribution >= 4 is 5.69 Å². The van der Waals surface area contributed by atoms with E-state index in [0.717, 1.165) is 25.4 Å². The molecule has 0 unspecified atom stereocenters. The van der Waals surface area contributed by atoms with E-state index in [0.29, 0.717) is 5.69 Å². The van der Waals surface area contributed by atoms with E-state index in [4.69, 9.17) is 9.84 Å². The molecule has 0 spiro atoms. The first-order chi connectivity index (χ1) is 7.61. The van der Waals surface area contributed by atoms with Gasteiger partial charge in [-0.3, -0.25) is 4.98 Å². The summed E-state index contributed by atoms with van der Waals surface area (Å²) in [4.78, 5) is 6.35. The van der Waals surface area contributed by atoms with Crippen LogP contribution in [-0.2, 0) is 11.3 Å². The molecule has 16 heavy (non-hydrogen) atoms. The Morgan fingerprint density at radius 2 is 2.38 bits per heavy atom. The SMILES string of the molecule is CC1(C)CN(c2ccnc(CO)c2)CCO1. The monoisotopic (exact) mass is 222 g/mol. The van der Waals surface area contributed by atoms with E-state index >= 15 is 0 Å². The standard InChI is InChI=1S/C12H18N2O2/c1-12(2)9-14(5-6-16-12)11-3-4-13-10(7-11)8-15/h3-4,7,15H,5-6,8-9H2,1-2H3. The lowest BCUT2D eigenvalue weighted by Gasteiger charge is -2.39. The molecule has 2 heterocycles. The second-order valence-electron chi connectivity index (χ2n) is 4.69. The molecule has 0 atom stereocenters. The Bertz CT molecular complexity index is 366. The van der Waals surface area contributed by atoms with Crippen LogP contribution >= 0.6 is 0 Å². The summed E-state index contributed by atoms with van der Waals surface area (Å²) in [6, 6.07) is 3.90. The van der Waals surface area contributed by atoms with Gasteiger partial charge in [0, 0.05) is 25.0 Å². The minimum Gasteiger partial charge on any atom is -0.390 e. The molecule has 1 aromatic rings. The maximum atomic E-state index is 9.06. The van der Waals surface area contributed by atoms with Crippen molar-refractivity contribution in [2.75, 3.05) is 24.6 Å². The van der Waals surface area contributed by atoms with Crippen LogP contribution in [0, 0.1) is 0 Å². The summed E-state index contributed by atoms with van der Waals surface area (Å²) >= 11 is 0. The quantitative estimate of drug-likeness (QED) is 0.816. The first kappa shape index (κ1) is 11.4. The summed E-state index contributed by atoms with van der Waals surface area (Å²) in [6.07, 6.45) is 1.74. The number of aromatic nitrogens is 1. The maximum Gasteiger partial charge on any atom is 0.0853 e. The van der Waals surface area contributed by atoms with Gasteiger partial charge in [0.15, 0.2) is 0 Å². The molecule has 4 nitrogen and oxygen atoms in total. The van der Waals surface area contributed by atoms with Gasteiger partial charge in [-0.05, 0) is 26.0 Å². The van der Waals surface area contributed by atoms with Crippen molar-refractivity contribution in [3.63, 3.8) is 0 Å². The highest BCUT2D eigenvalue weighted by Crippen LogP contribution is 2.23. The summed E-state index contributed by atoms with van der Waals surface area (Å²) in [5.41, 5.74) is 1.71. The van der Waals surface area contributed by atoms with Crippen molar-refractivity contribution in [1.82, 2.24) is 4.98 Å². The number of morpholine rings is 1. The van der Waals surface area contributed by atoms with E-state index in [9.17, 15) is 0 Å². The molecule has 1 fully saturated rings. The average Bonchev–Trinajstić information content (AvgIpc) is 2.28. The molecule has 2 rings (SSSR count). The summed E-state index contributed by atoms with van der Waals surface area (Å²) < 4.78 is 5.67. The van der Waals surface area contributed by atoms with Gasteiger partial charge >= 0.3 is 0 Å². The molecule has 0 saturated carbocycles. The highest BCUT2D eigenvalue weighted by molar-refractivity contribution is 5.47. The van der Waals surface area contributed by atoms with Crippen molar-refractivity contribution < 1.29 is 9.84 Å². The summed E-state index contributed by atoms with van der Waals surface area (Å²) in [5, 5.41) is 9.06. The van der Waals surface area contributed by atoms with Crippen LogP contribution < -0.4 is 4.90 Å². The number of ether oxygens (including phenoxy) is 1. The smallest absolute Gasteiger partial charge is 0.0853 e. The van der Waals surface area contributed by atoms with Crippen LogP contribution in [0.15, 0.2) is 18.3 Å². The lowest BCUT2D eigenvalue weighted by Crippen LogP contribution is -2.48. The van der Waals surface area contributed by atoms with Gasteiger partial charge in [-0.1, -0.05) is 0 Å². The Balaban J connectivity index is 2.16. The van der Waals surface area contributed by atoms with Crippen molar-refractivity contribution in [2.24, 2.45) is 0 Å². The largest absolute Gasteiger partial charge is 0.390 e. The molecular weight excluding hydrogens is 204 g/mol. The number of aliphatic hydroxyl groups is 1. The molecule has 0 bridgehead atoms. The molecule has 1 saturated heterocycles. The first-order valence-corrected chi connectivity index (χ1v) is 5.55. The summed E-state index contributed by atoms with van der Waals surface area (Å²) in [5.74, 6) is 0. The van der Waals surface area contributed by atoms with Gasteiger partial charge in [-0.25, -0.2) is 0 Å². The molecule has 0 aliphatic carbocycles. The molecule has 1 aliphatic rings. The fourth-order valence-corrected chi connectivity index (χ4v) is 1.99. The highest BCUT2D eigenvalue weighted by Gasteiger charge is 2.27. The molecule has 88 valence electrons. The molecule has 0 radical (unpaired) electrons. The van der Waals surface area contributed by atoms with Gasteiger partial charge < -0.3 is 14.7 Å². The molecule has 1 aromatic heterocycles. The van der Waals surface area contributed by atoms with Gasteiger partial charge in [0.05, 0.1) is 24.5 Å². The number of hydrogen-bond acceptors (Lipinski definition) is 4. The van der Waals surface area contributed by atoms with Gasteiger partial charge in [0.2, 0.25) is 0 Å². The fraction of sp³-hybridized carbons (Fsp3) is 0.583. The van der Waals surface area contributed by atoms with Crippen LogP contribution in [0.1, 0.15) is 19.5 Å². The normalized spacial score (nSPS) is 19.8. The topological polar surface area (TPSA) is 45.6 Å². The third-order valence-electron chi connectivity index (χ3n) is 2.75. The number of rotatable bonds is 2. The lowest BCUT2D eigenvalue weighted by atomic mass is 10.1. The van der Waals surface area contributed by atoms with Gasteiger partial charge in [-0.2, -0.15) is 0 Å². The zero-order chi connectivity index (χ0) is 11.6. The second-order valence-corrected chi connectivity index (χ2v) is 4.69. The van der Waals surface area contributed by atoms with E-state index in [-0.39, 0.29) is 12.2 Å². The molecule has 4 heteroatoms. The van der Waals surface area contributed by atoms with Gasteiger partial charge in [0.25, 0.3) is 0 Å². The number of nitrogens with zero attached hydrogens (tertiary/aromatic N) is 2. The van der Waals surface area contributed by atoms with E-state index < -0.39 is 0 Å². The van der Waals surface area contributed by atoms with Crippen molar-refractivity contribution in [1.29, 1.82) is 0 Å². The average molecular weight is 222 g/mol. The lowest BCUT2D eigenvalue weighted by molar-refractivity contribution is -0.0277. The number of hydrogen-bond donors (Lipinski definition) is 1. The van der Waals surface area contributed by atoms with Crippen LogP contribution in [0.5, 0.6) is 0 Å². The third-order valence-corrected chi connectivity index (χ3v) is 2.75. The van der Waals surface area contributed by atoms with Crippen LogP contribution in [0.25, 0.3) is 0 Å². The Hall–Kier alpha value is -1.13. The first-order valence-electron chi connectivity index (χ1n) is 5.55.